The first-order valence-corrected chi connectivity index (χ1v) is 11.1. The molecule has 29 heavy (non-hydrogen) atoms. The maximum absolute atomic E-state index is 12.9. The second kappa shape index (κ2) is 9.57. The summed E-state index contributed by atoms with van der Waals surface area (Å²) in [4.78, 5) is 12.3. The molecule has 154 valence electrons. The third-order valence-corrected chi connectivity index (χ3v) is 6.94. The summed E-state index contributed by atoms with van der Waals surface area (Å²) in [6.45, 7) is 7.19. The van der Waals surface area contributed by atoms with Crippen molar-refractivity contribution >= 4 is 15.9 Å². The summed E-state index contributed by atoms with van der Waals surface area (Å²) >= 11 is 0. The van der Waals surface area contributed by atoms with Gasteiger partial charge in [0.2, 0.25) is 0 Å². The highest BCUT2D eigenvalue weighted by molar-refractivity contribution is 7.91. The number of ether oxygens (including phenoxy) is 1. The molecule has 1 amide bonds. The minimum Gasteiger partial charge on any atom is -0.410 e. The minimum absolute atomic E-state index is 0.108. The Bertz CT molecular complexity index is 992. The van der Waals surface area contributed by atoms with Crippen molar-refractivity contribution in [3.8, 4) is 11.8 Å². The maximum Gasteiger partial charge on any atom is 0.412 e. The number of rotatable bonds is 7. The lowest BCUT2D eigenvalue weighted by atomic mass is 10.1. The molecule has 0 radical (unpaired) electrons. The van der Waals surface area contributed by atoms with Gasteiger partial charge in [-0.3, -0.25) is 0 Å². The Balaban J connectivity index is 2.09. The standard InChI is InChI=1S/C22H26N2O4S/c1-15(2)21(24-22(25)28-20-7-5-6-16(3)12-20)14-29(26,27)17(4)19-10-8-18(13-23)9-11-19/h5-12,15,17,21H,14H2,1-4H3,(H,24,25). The predicted octanol–water partition coefficient (Wildman–Crippen LogP) is 4.16. The summed E-state index contributed by atoms with van der Waals surface area (Å²) in [5, 5.41) is 10.8. The third-order valence-electron chi connectivity index (χ3n) is 4.77. The molecule has 1 N–H and O–H groups in total. The fourth-order valence-corrected chi connectivity index (χ4v) is 4.63. The van der Waals surface area contributed by atoms with Crippen LogP contribution < -0.4 is 10.1 Å². The van der Waals surface area contributed by atoms with Gasteiger partial charge in [0.1, 0.15) is 5.75 Å². The van der Waals surface area contributed by atoms with E-state index in [0.717, 1.165) is 5.56 Å². The molecule has 0 aliphatic rings. The van der Waals surface area contributed by atoms with Crippen LogP contribution in [0.5, 0.6) is 5.75 Å². The second-order valence-corrected chi connectivity index (χ2v) is 9.77. The average Bonchev–Trinajstić information content (AvgIpc) is 2.66. The van der Waals surface area contributed by atoms with E-state index in [4.69, 9.17) is 10.00 Å². The van der Waals surface area contributed by atoms with Crippen molar-refractivity contribution in [1.29, 1.82) is 5.26 Å². The van der Waals surface area contributed by atoms with Crippen molar-refractivity contribution in [2.45, 2.75) is 39.0 Å². The summed E-state index contributed by atoms with van der Waals surface area (Å²) in [6.07, 6.45) is -0.685. The van der Waals surface area contributed by atoms with Gasteiger partial charge >= 0.3 is 6.09 Å². The Morgan fingerprint density at radius 1 is 1.14 bits per heavy atom. The van der Waals surface area contributed by atoms with Gasteiger partial charge < -0.3 is 10.1 Å². The number of carbonyl (C=O) groups is 1. The van der Waals surface area contributed by atoms with E-state index >= 15 is 0 Å². The molecule has 2 unspecified atom stereocenters. The quantitative estimate of drug-likeness (QED) is 0.734. The van der Waals surface area contributed by atoms with Crippen molar-refractivity contribution in [2.24, 2.45) is 5.92 Å². The van der Waals surface area contributed by atoms with E-state index in [2.05, 4.69) is 5.32 Å². The molecule has 7 heteroatoms. The number of sulfone groups is 1. The normalized spacial score (nSPS) is 13.4. The number of benzene rings is 2. The van der Waals surface area contributed by atoms with Gasteiger partial charge in [-0.2, -0.15) is 5.26 Å². The van der Waals surface area contributed by atoms with Gasteiger partial charge in [0.25, 0.3) is 0 Å². The van der Waals surface area contributed by atoms with Gasteiger partial charge in [-0.1, -0.05) is 38.1 Å². The zero-order chi connectivity index (χ0) is 21.6. The number of carbonyl (C=O) groups excluding carboxylic acids is 1. The fourth-order valence-electron chi connectivity index (χ4n) is 2.80. The van der Waals surface area contributed by atoms with Crippen LogP contribution >= 0.6 is 0 Å². The fraction of sp³-hybridized carbons (Fsp3) is 0.364. The van der Waals surface area contributed by atoms with Crippen LogP contribution in [0.2, 0.25) is 0 Å². The maximum atomic E-state index is 12.9. The highest BCUT2D eigenvalue weighted by atomic mass is 32.2. The highest BCUT2D eigenvalue weighted by Gasteiger charge is 2.29. The number of nitrogens with zero attached hydrogens (tertiary/aromatic N) is 1. The molecule has 6 nitrogen and oxygen atoms in total. The second-order valence-electron chi connectivity index (χ2n) is 7.41. The van der Waals surface area contributed by atoms with E-state index in [-0.39, 0.29) is 11.7 Å². The van der Waals surface area contributed by atoms with E-state index in [1.807, 2.05) is 32.9 Å². The number of nitriles is 1. The smallest absolute Gasteiger partial charge is 0.410 e. The lowest BCUT2D eigenvalue weighted by molar-refractivity contribution is 0.193. The largest absolute Gasteiger partial charge is 0.412 e. The van der Waals surface area contributed by atoms with Crippen molar-refractivity contribution in [2.75, 3.05) is 5.75 Å². The Labute approximate surface area is 172 Å². The van der Waals surface area contributed by atoms with Crippen molar-refractivity contribution < 1.29 is 17.9 Å². The van der Waals surface area contributed by atoms with Crippen molar-refractivity contribution in [3.63, 3.8) is 0 Å². The Kier molecular flexibility index (Phi) is 7.40. The Morgan fingerprint density at radius 2 is 1.79 bits per heavy atom. The molecule has 0 spiro atoms. The Hall–Kier alpha value is -2.85. The molecule has 2 aromatic carbocycles. The molecule has 0 saturated heterocycles. The molecule has 0 aliphatic carbocycles. The predicted molar refractivity (Wildman–Crippen MR) is 112 cm³/mol. The zero-order valence-electron chi connectivity index (χ0n) is 17.0. The number of hydrogen-bond acceptors (Lipinski definition) is 5. The number of amides is 1. The van der Waals surface area contributed by atoms with Crippen LogP contribution in [0.25, 0.3) is 0 Å². The molecule has 0 aromatic heterocycles. The van der Waals surface area contributed by atoms with Crippen LogP contribution in [0.4, 0.5) is 4.79 Å². The molecular formula is C22H26N2O4S. The number of nitrogens with one attached hydrogen (secondary N) is 1. The highest BCUT2D eigenvalue weighted by Crippen LogP contribution is 2.24. The van der Waals surface area contributed by atoms with Crippen molar-refractivity contribution in [3.05, 3.63) is 65.2 Å². The summed E-state index contributed by atoms with van der Waals surface area (Å²) in [7, 11) is -3.56. The first-order chi connectivity index (χ1) is 13.6. The number of aryl methyl sites for hydroxylation is 1. The summed E-state index contributed by atoms with van der Waals surface area (Å²) < 4.78 is 31.1. The lowest BCUT2D eigenvalue weighted by Crippen LogP contribution is -2.45. The van der Waals surface area contributed by atoms with E-state index < -0.39 is 27.2 Å². The zero-order valence-corrected chi connectivity index (χ0v) is 17.9. The van der Waals surface area contributed by atoms with Gasteiger partial charge in [0, 0.05) is 6.04 Å². The molecule has 2 aromatic rings. The van der Waals surface area contributed by atoms with Gasteiger partial charge in [0.15, 0.2) is 9.84 Å². The topological polar surface area (TPSA) is 96.3 Å². The minimum atomic E-state index is -3.56. The van der Waals surface area contributed by atoms with Crippen LogP contribution in [0.15, 0.2) is 48.5 Å². The molecule has 0 saturated carbocycles. The average molecular weight is 415 g/mol. The SMILES string of the molecule is Cc1cccc(OC(=O)NC(CS(=O)(=O)C(C)c2ccc(C#N)cc2)C(C)C)c1. The van der Waals surface area contributed by atoms with E-state index in [0.29, 0.717) is 16.9 Å². The van der Waals surface area contributed by atoms with Crippen LogP contribution in [-0.4, -0.2) is 26.3 Å². The molecule has 0 fully saturated rings. The molecule has 2 rings (SSSR count). The Morgan fingerprint density at radius 3 is 2.34 bits per heavy atom. The van der Waals surface area contributed by atoms with Gasteiger partial charge in [-0.15, -0.1) is 0 Å². The lowest BCUT2D eigenvalue weighted by Gasteiger charge is -2.24. The monoisotopic (exact) mass is 414 g/mol. The van der Waals surface area contributed by atoms with Crippen LogP contribution in [-0.2, 0) is 9.84 Å². The first-order valence-electron chi connectivity index (χ1n) is 9.39. The van der Waals surface area contributed by atoms with E-state index in [9.17, 15) is 13.2 Å². The van der Waals surface area contributed by atoms with E-state index in [1.165, 1.54) is 0 Å². The summed E-state index contributed by atoms with van der Waals surface area (Å²) in [6, 6.07) is 15.0. The molecular weight excluding hydrogens is 388 g/mol. The summed E-state index contributed by atoms with van der Waals surface area (Å²) in [5.41, 5.74) is 2.03. The molecule has 0 aliphatic heterocycles. The summed E-state index contributed by atoms with van der Waals surface area (Å²) in [5.74, 6) is 0.0798. The van der Waals surface area contributed by atoms with Gasteiger partial charge in [-0.25, -0.2) is 13.2 Å². The van der Waals surface area contributed by atoms with Crippen LogP contribution in [0.1, 0.15) is 42.7 Å². The van der Waals surface area contributed by atoms with Gasteiger partial charge in [-0.05, 0) is 55.2 Å². The van der Waals surface area contributed by atoms with Crippen LogP contribution in [0.3, 0.4) is 0 Å². The number of hydrogen-bond donors (Lipinski definition) is 1. The first kappa shape index (κ1) is 22.4. The molecule has 0 heterocycles. The van der Waals surface area contributed by atoms with Crippen molar-refractivity contribution in [1.82, 2.24) is 5.32 Å². The van der Waals surface area contributed by atoms with E-state index in [1.54, 1.807) is 49.4 Å². The molecule has 0 bridgehead atoms. The third kappa shape index (κ3) is 6.33. The van der Waals surface area contributed by atoms with Gasteiger partial charge in [0.05, 0.1) is 22.6 Å². The van der Waals surface area contributed by atoms with Crippen LogP contribution in [0, 0.1) is 24.2 Å². The molecule has 2 atom stereocenters.